The number of fused-ring (bicyclic) bond motifs is 1. The molecule has 0 radical (unpaired) electrons. The summed E-state index contributed by atoms with van der Waals surface area (Å²) < 4.78 is 5.46. The maximum Gasteiger partial charge on any atom is 0.341 e. The van der Waals surface area contributed by atoms with Crippen LogP contribution in [0.2, 0.25) is 0 Å². The molecule has 136 valence electrons. The summed E-state index contributed by atoms with van der Waals surface area (Å²) in [6.45, 7) is 4.14. The minimum atomic E-state index is -0.620. The lowest BCUT2D eigenvalue weighted by molar-refractivity contribution is -0.146. The van der Waals surface area contributed by atoms with Crippen LogP contribution in [0.4, 0.5) is 4.79 Å². The van der Waals surface area contributed by atoms with Crippen LogP contribution in [0.25, 0.3) is 10.8 Å². The molecule has 1 N–H and O–H groups in total. The molecular formula is C20H22N2O3S. The SMILES string of the molecule is CCSCCOC(=O)C1C(C)=NC(=O)NC1c1cccc2ccccc12. The molecule has 1 heterocycles. The molecule has 2 atom stereocenters. The summed E-state index contributed by atoms with van der Waals surface area (Å²) in [6, 6.07) is 12.9. The van der Waals surface area contributed by atoms with Crippen molar-refractivity contribution < 1.29 is 14.3 Å². The van der Waals surface area contributed by atoms with Gasteiger partial charge in [-0.05, 0) is 29.0 Å². The van der Waals surface area contributed by atoms with Gasteiger partial charge < -0.3 is 10.1 Å². The monoisotopic (exact) mass is 370 g/mol. The summed E-state index contributed by atoms with van der Waals surface area (Å²) in [5.74, 6) is 0.776. The van der Waals surface area contributed by atoms with E-state index in [1.54, 1.807) is 18.7 Å². The van der Waals surface area contributed by atoms with Crippen LogP contribution in [0.3, 0.4) is 0 Å². The van der Waals surface area contributed by atoms with Crippen molar-refractivity contribution in [2.45, 2.75) is 19.9 Å². The normalized spacial score (nSPS) is 19.8. The number of ether oxygens (including phenoxy) is 1. The van der Waals surface area contributed by atoms with Crippen LogP contribution in [0.15, 0.2) is 47.5 Å². The van der Waals surface area contributed by atoms with Crippen LogP contribution in [0, 0.1) is 5.92 Å². The lowest BCUT2D eigenvalue weighted by Gasteiger charge is -2.30. The second kappa shape index (κ2) is 8.36. The Kier molecular flexibility index (Phi) is 5.93. The van der Waals surface area contributed by atoms with Gasteiger partial charge in [-0.25, -0.2) is 9.79 Å². The number of hydrogen-bond donors (Lipinski definition) is 1. The first-order valence-corrected chi connectivity index (χ1v) is 9.85. The fraction of sp³-hybridized carbons (Fsp3) is 0.350. The number of thioether (sulfide) groups is 1. The van der Waals surface area contributed by atoms with Crippen molar-refractivity contribution in [2.24, 2.45) is 10.9 Å². The lowest BCUT2D eigenvalue weighted by Crippen LogP contribution is -2.44. The zero-order valence-electron chi connectivity index (χ0n) is 14.9. The molecule has 1 aliphatic heterocycles. The van der Waals surface area contributed by atoms with Crippen LogP contribution in [-0.4, -0.2) is 35.8 Å². The highest BCUT2D eigenvalue weighted by Gasteiger charge is 2.38. The molecule has 6 heteroatoms. The predicted molar refractivity (Wildman–Crippen MR) is 106 cm³/mol. The predicted octanol–water partition coefficient (Wildman–Crippen LogP) is 3.98. The van der Waals surface area contributed by atoms with Crippen molar-refractivity contribution in [3.63, 3.8) is 0 Å². The van der Waals surface area contributed by atoms with E-state index in [0.717, 1.165) is 27.8 Å². The van der Waals surface area contributed by atoms with Crippen LogP contribution in [0.1, 0.15) is 25.5 Å². The third kappa shape index (κ3) is 3.90. The van der Waals surface area contributed by atoms with Gasteiger partial charge in [-0.1, -0.05) is 49.4 Å². The second-order valence-electron chi connectivity index (χ2n) is 6.09. The Labute approximate surface area is 157 Å². The quantitative estimate of drug-likeness (QED) is 0.617. The van der Waals surface area contributed by atoms with E-state index in [9.17, 15) is 9.59 Å². The van der Waals surface area contributed by atoms with E-state index < -0.39 is 18.0 Å². The Morgan fingerprint density at radius 1 is 1.23 bits per heavy atom. The van der Waals surface area contributed by atoms with E-state index in [2.05, 4.69) is 17.2 Å². The van der Waals surface area contributed by atoms with Crippen LogP contribution < -0.4 is 5.32 Å². The van der Waals surface area contributed by atoms with Gasteiger partial charge in [0, 0.05) is 11.5 Å². The van der Waals surface area contributed by atoms with E-state index in [1.165, 1.54) is 0 Å². The number of hydrogen-bond acceptors (Lipinski definition) is 4. The average Bonchev–Trinajstić information content (AvgIpc) is 2.64. The van der Waals surface area contributed by atoms with Crippen molar-refractivity contribution in [2.75, 3.05) is 18.1 Å². The van der Waals surface area contributed by atoms with Crippen LogP contribution >= 0.6 is 11.8 Å². The van der Waals surface area contributed by atoms with Gasteiger partial charge >= 0.3 is 12.0 Å². The third-order valence-corrected chi connectivity index (χ3v) is 5.29. The Hall–Kier alpha value is -2.34. The molecule has 2 aromatic carbocycles. The summed E-state index contributed by atoms with van der Waals surface area (Å²) in [7, 11) is 0. The number of carbonyl (C=O) groups excluding carboxylic acids is 2. The Morgan fingerprint density at radius 3 is 2.81 bits per heavy atom. The molecular weight excluding hydrogens is 348 g/mol. The van der Waals surface area contributed by atoms with Gasteiger partial charge in [0.05, 0.1) is 6.04 Å². The molecule has 2 unspecified atom stereocenters. The second-order valence-corrected chi connectivity index (χ2v) is 7.48. The van der Waals surface area contributed by atoms with Gasteiger partial charge in [0.15, 0.2) is 0 Å². The summed E-state index contributed by atoms with van der Waals surface area (Å²) in [4.78, 5) is 28.7. The summed E-state index contributed by atoms with van der Waals surface area (Å²) in [6.07, 6.45) is 0. The standard InChI is InChI=1S/C20H22N2O3S/c1-3-26-12-11-25-19(23)17-13(2)21-20(24)22-18(17)16-10-6-8-14-7-4-5-9-15(14)16/h4-10,17-18H,3,11-12H2,1-2H3,(H,22,24). The van der Waals surface area contributed by atoms with Gasteiger partial charge in [-0.3, -0.25) is 4.79 Å². The Balaban J connectivity index is 1.93. The van der Waals surface area contributed by atoms with Crippen molar-refractivity contribution in [1.29, 1.82) is 0 Å². The molecule has 0 saturated heterocycles. The highest BCUT2D eigenvalue weighted by Crippen LogP contribution is 2.32. The van der Waals surface area contributed by atoms with Crippen molar-refractivity contribution >= 4 is 40.2 Å². The number of carbonyl (C=O) groups is 2. The van der Waals surface area contributed by atoms with E-state index in [1.807, 2.05) is 42.5 Å². The van der Waals surface area contributed by atoms with Crippen LogP contribution in [-0.2, 0) is 9.53 Å². The first-order valence-electron chi connectivity index (χ1n) is 8.69. The fourth-order valence-corrected chi connectivity index (χ4v) is 3.73. The number of rotatable bonds is 6. The molecule has 26 heavy (non-hydrogen) atoms. The zero-order valence-corrected chi connectivity index (χ0v) is 15.7. The molecule has 5 nitrogen and oxygen atoms in total. The number of esters is 1. The molecule has 0 spiro atoms. The smallest absolute Gasteiger partial charge is 0.341 e. The van der Waals surface area contributed by atoms with Gasteiger partial charge in [0.25, 0.3) is 0 Å². The minimum Gasteiger partial charge on any atom is -0.464 e. The van der Waals surface area contributed by atoms with Gasteiger partial charge in [-0.2, -0.15) is 11.8 Å². The zero-order chi connectivity index (χ0) is 18.5. The largest absolute Gasteiger partial charge is 0.464 e. The molecule has 3 rings (SSSR count). The molecule has 0 aliphatic carbocycles. The third-order valence-electron chi connectivity index (χ3n) is 4.43. The van der Waals surface area contributed by atoms with Gasteiger partial charge in [0.1, 0.15) is 12.5 Å². The molecule has 2 aromatic rings. The van der Waals surface area contributed by atoms with E-state index in [4.69, 9.17) is 4.74 Å². The van der Waals surface area contributed by atoms with Crippen molar-refractivity contribution in [3.8, 4) is 0 Å². The molecule has 0 bridgehead atoms. The van der Waals surface area contributed by atoms with E-state index in [0.29, 0.717) is 12.3 Å². The molecule has 0 aromatic heterocycles. The number of amides is 2. The van der Waals surface area contributed by atoms with Gasteiger partial charge in [0.2, 0.25) is 0 Å². The van der Waals surface area contributed by atoms with Gasteiger partial charge in [-0.15, -0.1) is 0 Å². The molecule has 0 saturated carbocycles. The Bertz CT molecular complexity index is 845. The minimum absolute atomic E-state index is 0.346. The highest BCUT2D eigenvalue weighted by molar-refractivity contribution is 7.99. The number of nitrogens with one attached hydrogen (secondary N) is 1. The molecule has 1 aliphatic rings. The number of nitrogens with zero attached hydrogens (tertiary/aromatic N) is 1. The highest BCUT2D eigenvalue weighted by atomic mass is 32.2. The number of aliphatic imine (C=N–C) groups is 1. The van der Waals surface area contributed by atoms with E-state index in [-0.39, 0.29) is 5.97 Å². The summed E-state index contributed by atoms with van der Waals surface area (Å²) in [5, 5.41) is 4.92. The summed E-state index contributed by atoms with van der Waals surface area (Å²) in [5.41, 5.74) is 1.38. The number of benzene rings is 2. The molecule has 2 amide bonds. The van der Waals surface area contributed by atoms with E-state index >= 15 is 0 Å². The lowest BCUT2D eigenvalue weighted by atomic mass is 9.86. The van der Waals surface area contributed by atoms with Crippen molar-refractivity contribution in [1.82, 2.24) is 5.32 Å². The topological polar surface area (TPSA) is 67.8 Å². The number of urea groups is 1. The summed E-state index contributed by atoms with van der Waals surface area (Å²) >= 11 is 1.72. The maximum absolute atomic E-state index is 12.7. The first kappa shape index (κ1) is 18.5. The maximum atomic E-state index is 12.7. The van der Waals surface area contributed by atoms with Crippen LogP contribution in [0.5, 0.6) is 0 Å². The average molecular weight is 370 g/mol. The van der Waals surface area contributed by atoms with Crippen molar-refractivity contribution in [3.05, 3.63) is 48.0 Å². The first-order chi connectivity index (χ1) is 12.6. The Morgan fingerprint density at radius 2 is 2.00 bits per heavy atom. The molecule has 0 fully saturated rings. The fourth-order valence-electron chi connectivity index (χ4n) is 3.24.